The van der Waals surface area contributed by atoms with Crippen LogP contribution in [0.25, 0.3) is 0 Å². The van der Waals surface area contributed by atoms with Crippen LogP contribution in [-0.4, -0.2) is 27.4 Å². The molecule has 0 aliphatic carbocycles. The zero-order valence-electron chi connectivity index (χ0n) is 9.95. The Labute approximate surface area is 96.4 Å². The average Bonchev–Trinajstić information content (AvgIpc) is 2.86. The van der Waals surface area contributed by atoms with Crippen LogP contribution in [-0.2, 0) is 19.4 Å². The van der Waals surface area contributed by atoms with Gasteiger partial charge in [0.15, 0.2) is 5.82 Å². The minimum Gasteiger partial charge on any atom is -0.314 e. The molecule has 1 N–H and O–H groups in total. The molecule has 4 heteroatoms. The Kier molecular flexibility index (Phi) is 2.67. The van der Waals surface area contributed by atoms with Gasteiger partial charge in [0, 0.05) is 25.4 Å². The summed E-state index contributed by atoms with van der Waals surface area (Å²) in [6, 6.07) is 0.613. The van der Waals surface area contributed by atoms with Gasteiger partial charge in [-0.1, -0.05) is 6.92 Å². The second-order valence-electron chi connectivity index (χ2n) is 5.26. The molecule has 2 aliphatic rings. The number of hydrogen-bond donors (Lipinski definition) is 1. The van der Waals surface area contributed by atoms with Crippen molar-refractivity contribution in [3.8, 4) is 0 Å². The Hall–Kier alpha value is -0.900. The lowest BCUT2D eigenvalue weighted by atomic mass is 10.0. The van der Waals surface area contributed by atoms with E-state index in [1.807, 2.05) is 0 Å². The maximum Gasteiger partial charge on any atom is 0.152 e. The van der Waals surface area contributed by atoms with E-state index >= 15 is 0 Å². The molecule has 0 bridgehead atoms. The third-order valence-corrected chi connectivity index (χ3v) is 3.75. The maximum atomic E-state index is 4.68. The summed E-state index contributed by atoms with van der Waals surface area (Å²) >= 11 is 0. The van der Waals surface area contributed by atoms with Crippen molar-refractivity contribution in [1.29, 1.82) is 0 Å². The molecular weight excluding hydrogens is 200 g/mol. The number of rotatable bonds is 2. The molecule has 0 radical (unpaired) electrons. The zero-order chi connectivity index (χ0) is 11.0. The summed E-state index contributed by atoms with van der Waals surface area (Å²) in [6.45, 7) is 4.52. The van der Waals surface area contributed by atoms with E-state index in [1.54, 1.807) is 0 Å². The standard InChI is InChI=1S/C12H20N4/c1-9-4-6-16-12(7-9)14-11(15-16)8-10-3-2-5-13-10/h9-10,13H,2-8H2,1H3. The van der Waals surface area contributed by atoms with Crippen molar-refractivity contribution in [2.24, 2.45) is 5.92 Å². The third-order valence-electron chi connectivity index (χ3n) is 3.75. The predicted molar refractivity (Wildman–Crippen MR) is 62.2 cm³/mol. The van der Waals surface area contributed by atoms with E-state index in [1.165, 1.54) is 25.1 Å². The molecule has 3 heterocycles. The molecule has 16 heavy (non-hydrogen) atoms. The second kappa shape index (κ2) is 4.17. The zero-order valence-corrected chi connectivity index (χ0v) is 9.95. The second-order valence-corrected chi connectivity index (χ2v) is 5.26. The van der Waals surface area contributed by atoms with E-state index in [0.29, 0.717) is 6.04 Å². The van der Waals surface area contributed by atoms with Gasteiger partial charge in [0.1, 0.15) is 5.82 Å². The van der Waals surface area contributed by atoms with Crippen molar-refractivity contribution < 1.29 is 0 Å². The van der Waals surface area contributed by atoms with Crippen LogP contribution < -0.4 is 5.32 Å². The number of hydrogen-bond acceptors (Lipinski definition) is 3. The van der Waals surface area contributed by atoms with Crippen LogP contribution in [0.1, 0.15) is 37.8 Å². The lowest BCUT2D eigenvalue weighted by Gasteiger charge is -2.17. The Balaban J connectivity index is 1.71. The van der Waals surface area contributed by atoms with Gasteiger partial charge in [-0.25, -0.2) is 9.67 Å². The lowest BCUT2D eigenvalue weighted by Crippen LogP contribution is -2.24. The van der Waals surface area contributed by atoms with Gasteiger partial charge in [-0.15, -0.1) is 0 Å². The molecule has 0 spiro atoms. The molecule has 1 aromatic heterocycles. The Morgan fingerprint density at radius 2 is 2.38 bits per heavy atom. The van der Waals surface area contributed by atoms with Crippen molar-refractivity contribution in [3.05, 3.63) is 11.6 Å². The summed E-state index contributed by atoms with van der Waals surface area (Å²) in [6.07, 6.45) is 5.94. The normalized spacial score (nSPS) is 29.3. The summed E-state index contributed by atoms with van der Waals surface area (Å²) in [4.78, 5) is 4.68. The molecule has 88 valence electrons. The van der Waals surface area contributed by atoms with Gasteiger partial charge in [0.05, 0.1) is 0 Å². The van der Waals surface area contributed by atoms with Crippen LogP contribution in [0.4, 0.5) is 0 Å². The minimum atomic E-state index is 0.613. The van der Waals surface area contributed by atoms with E-state index in [9.17, 15) is 0 Å². The summed E-state index contributed by atoms with van der Waals surface area (Å²) in [7, 11) is 0. The van der Waals surface area contributed by atoms with Crippen molar-refractivity contribution in [2.45, 2.75) is 51.6 Å². The van der Waals surface area contributed by atoms with Gasteiger partial charge in [0.2, 0.25) is 0 Å². The van der Waals surface area contributed by atoms with E-state index in [4.69, 9.17) is 0 Å². The fraction of sp³-hybridized carbons (Fsp3) is 0.833. The highest BCUT2D eigenvalue weighted by Gasteiger charge is 2.21. The van der Waals surface area contributed by atoms with Crippen molar-refractivity contribution in [2.75, 3.05) is 6.54 Å². The van der Waals surface area contributed by atoms with Crippen LogP contribution in [0.5, 0.6) is 0 Å². The van der Waals surface area contributed by atoms with Gasteiger partial charge in [-0.3, -0.25) is 0 Å². The fourth-order valence-electron chi connectivity index (χ4n) is 2.75. The molecule has 2 atom stereocenters. The maximum absolute atomic E-state index is 4.68. The largest absolute Gasteiger partial charge is 0.314 e. The molecule has 0 aromatic carbocycles. The van der Waals surface area contributed by atoms with E-state index in [2.05, 4.69) is 27.0 Å². The summed E-state index contributed by atoms with van der Waals surface area (Å²) in [5, 5.41) is 8.12. The van der Waals surface area contributed by atoms with Crippen LogP contribution >= 0.6 is 0 Å². The smallest absolute Gasteiger partial charge is 0.152 e. The van der Waals surface area contributed by atoms with Crippen LogP contribution in [0.15, 0.2) is 0 Å². The first-order valence-electron chi connectivity index (χ1n) is 6.47. The molecule has 3 rings (SSSR count). The molecule has 0 saturated carbocycles. The first-order chi connectivity index (χ1) is 7.81. The molecule has 1 fully saturated rings. The Bertz CT molecular complexity index is 365. The highest BCUT2D eigenvalue weighted by atomic mass is 15.4. The lowest BCUT2D eigenvalue weighted by molar-refractivity contribution is 0.385. The van der Waals surface area contributed by atoms with Crippen molar-refractivity contribution in [1.82, 2.24) is 20.1 Å². The molecule has 1 saturated heterocycles. The summed E-state index contributed by atoms with van der Waals surface area (Å²) in [5.41, 5.74) is 0. The van der Waals surface area contributed by atoms with Crippen LogP contribution in [0.2, 0.25) is 0 Å². The Morgan fingerprint density at radius 3 is 3.19 bits per heavy atom. The van der Waals surface area contributed by atoms with Crippen LogP contribution in [0.3, 0.4) is 0 Å². The summed E-state index contributed by atoms with van der Waals surface area (Å²) < 4.78 is 2.12. The van der Waals surface area contributed by atoms with Gasteiger partial charge in [-0.2, -0.15) is 5.10 Å². The van der Waals surface area contributed by atoms with Crippen molar-refractivity contribution in [3.63, 3.8) is 0 Å². The van der Waals surface area contributed by atoms with E-state index < -0.39 is 0 Å². The molecule has 0 amide bonds. The van der Waals surface area contributed by atoms with Gasteiger partial charge in [-0.05, 0) is 31.7 Å². The van der Waals surface area contributed by atoms with Gasteiger partial charge < -0.3 is 5.32 Å². The molecular formula is C12H20N4. The fourth-order valence-corrected chi connectivity index (χ4v) is 2.75. The number of nitrogens with zero attached hydrogens (tertiary/aromatic N) is 3. The monoisotopic (exact) mass is 220 g/mol. The topological polar surface area (TPSA) is 42.7 Å². The van der Waals surface area contributed by atoms with E-state index in [0.717, 1.165) is 37.7 Å². The molecule has 4 nitrogen and oxygen atoms in total. The average molecular weight is 220 g/mol. The molecule has 2 unspecified atom stereocenters. The molecule has 1 aromatic rings. The van der Waals surface area contributed by atoms with Crippen LogP contribution in [0, 0.1) is 5.92 Å². The first-order valence-corrected chi connectivity index (χ1v) is 6.47. The number of nitrogens with one attached hydrogen (secondary N) is 1. The van der Waals surface area contributed by atoms with Crippen molar-refractivity contribution >= 4 is 0 Å². The van der Waals surface area contributed by atoms with Gasteiger partial charge >= 0.3 is 0 Å². The number of fused-ring (bicyclic) bond motifs is 1. The quantitative estimate of drug-likeness (QED) is 0.813. The highest BCUT2D eigenvalue weighted by molar-refractivity contribution is 4.99. The number of aryl methyl sites for hydroxylation is 1. The van der Waals surface area contributed by atoms with E-state index in [-0.39, 0.29) is 0 Å². The number of aromatic nitrogens is 3. The minimum absolute atomic E-state index is 0.613. The third kappa shape index (κ3) is 1.98. The first kappa shape index (κ1) is 10.3. The summed E-state index contributed by atoms with van der Waals surface area (Å²) in [5.74, 6) is 3.02. The predicted octanol–water partition coefficient (Wildman–Crippen LogP) is 1.15. The Morgan fingerprint density at radius 1 is 1.44 bits per heavy atom. The molecule has 2 aliphatic heterocycles. The van der Waals surface area contributed by atoms with Gasteiger partial charge in [0.25, 0.3) is 0 Å². The highest BCUT2D eigenvalue weighted by Crippen LogP contribution is 2.19. The SMILES string of the molecule is CC1CCn2nc(CC3CCCN3)nc2C1.